The van der Waals surface area contributed by atoms with Gasteiger partial charge in [-0.25, -0.2) is 4.39 Å². The molecule has 1 fully saturated rings. The van der Waals surface area contributed by atoms with E-state index < -0.39 is 0 Å². The third kappa shape index (κ3) is 3.26. The highest BCUT2D eigenvalue weighted by molar-refractivity contribution is 6.33. The van der Waals surface area contributed by atoms with Crippen LogP contribution in [0.15, 0.2) is 18.2 Å². The van der Waals surface area contributed by atoms with Gasteiger partial charge in [0.15, 0.2) is 0 Å². The number of nitrogens with one attached hydrogen (secondary N) is 1. The van der Waals surface area contributed by atoms with Gasteiger partial charge in [-0.05, 0) is 30.5 Å². The van der Waals surface area contributed by atoms with Gasteiger partial charge in [0.05, 0.1) is 10.7 Å². The van der Waals surface area contributed by atoms with E-state index in [0.29, 0.717) is 23.0 Å². The lowest BCUT2D eigenvalue weighted by molar-refractivity contribution is 0.306. The normalized spacial score (nSPS) is 24.8. The number of halogens is 2. The number of anilines is 1. The van der Waals surface area contributed by atoms with E-state index in [-0.39, 0.29) is 5.82 Å². The van der Waals surface area contributed by atoms with Crippen LogP contribution in [0.4, 0.5) is 10.1 Å². The fraction of sp³-hybridized carbons (Fsp3) is 0.625. The SMILES string of the molecule is CCC(C)C1CN(c2cc(F)ccc2Cl)C(CC)CN1. The third-order valence-electron chi connectivity index (χ3n) is 4.47. The first-order chi connectivity index (χ1) is 9.56. The quantitative estimate of drug-likeness (QED) is 0.901. The number of nitrogens with zero attached hydrogens (tertiary/aromatic N) is 1. The first kappa shape index (κ1) is 15.6. The maximum atomic E-state index is 13.6. The van der Waals surface area contributed by atoms with Crippen LogP contribution < -0.4 is 10.2 Å². The van der Waals surface area contributed by atoms with Gasteiger partial charge in [0.2, 0.25) is 0 Å². The minimum Gasteiger partial charge on any atom is -0.364 e. The van der Waals surface area contributed by atoms with Crippen molar-refractivity contribution in [2.24, 2.45) is 5.92 Å². The Morgan fingerprint density at radius 3 is 2.85 bits per heavy atom. The molecule has 112 valence electrons. The molecule has 0 amide bonds. The van der Waals surface area contributed by atoms with Gasteiger partial charge in [-0.15, -0.1) is 0 Å². The van der Waals surface area contributed by atoms with E-state index in [2.05, 4.69) is 31.0 Å². The van der Waals surface area contributed by atoms with E-state index in [0.717, 1.165) is 31.6 Å². The Bertz CT molecular complexity index is 452. The van der Waals surface area contributed by atoms with Crippen LogP contribution in [0.3, 0.4) is 0 Å². The summed E-state index contributed by atoms with van der Waals surface area (Å²) < 4.78 is 13.6. The van der Waals surface area contributed by atoms with Crippen molar-refractivity contribution in [3.63, 3.8) is 0 Å². The van der Waals surface area contributed by atoms with Gasteiger partial charge in [0.25, 0.3) is 0 Å². The molecule has 0 bridgehead atoms. The molecule has 1 N–H and O–H groups in total. The van der Waals surface area contributed by atoms with E-state index in [9.17, 15) is 4.39 Å². The number of piperazine rings is 1. The summed E-state index contributed by atoms with van der Waals surface area (Å²) in [6, 6.07) is 5.43. The summed E-state index contributed by atoms with van der Waals surface area (Å²) in [4.78, 5) is 2.28. The number of hydrogen-bond acceptors (Lipinski definition) is 2. The maximum absolute atomic E-state index is 13.6. The zero-order valence-electron chi connectivity index (χ0n) is 12.5. The van der Waals surface area contributed by atoms with Crippen LogP contribution in [0.5, 0.6) is 0 Å². The Balaban J connectivity index is 2.26. The van der Waals surface area contributed by atoms with Crippen LogP contribution in [0.1, 0.15) is 33.6 Å². The molecule has 2 nitrogen and oxygen atoms in total. The highest BCUT2D eigenvalue weighted by Crippen LogP contribution is 2.31. The molecule has 1 aliphatic heterocycles. The van der Waals surface area contributed by atoms with Gasteiger partial charge in [-0.3, -0.25) is 0 Å². The molecule has 0 radical (unpaired) electrons. The average Bonchev–Trinajstić information content (AvgIpc) is 2.48. The van der Waals surface area contributed by atoms with Crippen molar-refractivity contribution in [1.82, 2.24) is 5.32 Å². The maximum Gasteiger partial charge on any atom is 0.125 e. The summed E-state index contributed by atoms with van der Waals surface area (Å²) in [5, 5.41) is 4.26. The fourth-order valence-corrected chi connectivity index (χ4v) is 3.08. The molecule has 4 heteroatoms. The van der Waals surface area contributed by atoms with Crippen molar-refractivity contribution < 1.29 is 4.39 Å². The van der Waals surface area contributed by atoms with Gasteiger partial charge in [0, 0.05) is 25.2 Å². The lowest BCUT2D eigenvalue weighted by atomic mass is 9.94. The molecule has 0 aromatic heterocycles. The molecule has 1 aromatic rings. The monoisotopic (exact) mass is 298 g/mol. The van der Waals surface area contributed by atoms with Crippen LogP contribution >= 0.6 is 11.6 Å². The molecular weight excluding hydrogens is 275 g/mol. The largest absolute Gasteiger partial charge is 0.364 e. The molecule has 2 rings (SSSR count). The lowest BCUT2D eigenvalue weighted by Crippen LogP contribution is -2.58. The molecule has 0 aliphatic carbocycles. The predicted octanol–water partition coefficient (Wildman–Crippen LogP) is 4.08. The van der Waals surface area contributed by atoms with E-state index >= 15 is 0 Å². The van der Waals surface area contributed by atoms with Crippen molar-refractivity contribution in [3.05, 3.63) is 29.0 Å². The molecular formula is C16H24ClFN2. The van der Waals surface area contributed by atoms with Crippen molar-refractivity contribution in [2.75, 3.05) is 18.0 Å². The van der Waals surface area contributed by atoms with Crippen LogP contribution in [-0.4, -0.2) is 25.2 Å². The molecule has 0 spiro atoms. The first-order valence-corrected chi connectivity index (χ1v) is 7.89. The molecule has 0 saturated carbocycles. The molecule has 3 unspecified atom stereocenters. The van der Waals surface area contributed by atoms with E-state index in [1.165, 1.54) is 6.07 Å². The fourth-order valence-electron chi connectivity index (χ4n) is 2.85. The number of rotatable bonds is 4. The Kier molecular flexibility index (Phi) is 5.28. The van der Waals surface area contributed by atoms with E-state index in [1.54, 1.807) is 12.1 Å². The van der Waals surface area contributed by atoms with Gasteiger partial charge in [-0.1, -0.05) is 38.8 Å². The van der Waals surface area contributed by atoms with Crippen LogP contribution in [-0.2, 0) is 0 Å². The molecule has 1 saturated heterocycles. The molecule has 20 heavy (non-hydrogen) atoms. The highest BCUT2D eigenvalue weighted by Gasteiger charge is 2.30. The Labute approximate surface area is 126 Å². The van der Waals surface area contributed by atoms with Gasteiger partial charge in [-0.2, -0.15) is 0 Å². The van der Waals surface area contributed by atoms with Gasteiger partial charge >= 0.3 is 0 Å². The second-order valence-corrected chi connectivity index (χ2v) is 6.12. The second-order valence-electron chi connectivity index (χ2n) is 5.71. The van der Waals surface area contributed by atoms with Crippen LogP contribution in [0.2, 0.25) is 5.02 Å². The van der Waals surface area contributed by atoms with Crippen molar-refractivity contribution in [1.29, 1.82) is 0 Å². The minimum absolute atomic E-state index is 0.224. The minimum atomic E-state index is -0.224. The predicted molar refractivity (Wildman–Crippen MR) is 84.1 cm³/mol. The summed E-state index contributed by atoms with van der Waals surface area (Å²) in [5.41, 5.74) is 0.827. The zero-order valence-corrected chi connectivity index (χ0v) is 13.3. The van der Waals surface area contributed by atoms with Gasteiger partial charge < -0.3 is 10.2 Å². The Morgan fingerprint density at radius 1 is 1.45 bits per heavy atom. The van der Waals surface area contributed by atoms with Crippen molar-refractivity contribution in [3.8, 4) is 0 Å². The van der Waals surface area contributed by atoms with E-state index in [4.69, 9.17) is 11.6 Å². The summed E-state index contributed by atoms with van der Waals surface area (Å²) in [6.07, 6.45) is 2.16. The van der Waals surface area contributed by atoms with Crippen LogP contribution in [0.25, 0.3) is 0 Å². The molecule has 1 aromatic carbocycles. The number of benzene rings is 1. The van der Waals surface area contributed by atoms with Crippen LogP contribution in [0, 0.1) is 11.7 Å². The van der Waals surface area contributed by atoms with Crippen molar-refractivity contribution >= 4 is 17.3 Å². The zero-order chi connectivity index (χ0) is 14.7. The summed E-state index contributed by atoms with van der Waals surface area (Å²) in [5.74, 6) is 0.375. The summed E-state index contributed by atoms with van der Waals surface area (Å²) in [6.45, 7) is 8.44. The number of hydrogen-bond donors (Lipinski definition) is 1. The first-order valence-electron chi connectivity index (χ1n) is 7.51. The lowest BCUT2D eigenvalue weighted by Gasteiger charge is -2.43. The third-order valence-corrected chi connectivity index (χ3v) is 4.79. The topological polar surface area (TPSA) is 15.3 Å². The van der Waals surface area contributed by atoms with Gasteiger partial charge in [0.1, 0.15) is 5.82 Å². The Morgan fingerprint density at radius 2 is 2.20 bits per heavy atom. The average molecular weight is 299 g/mol. The molecule has 1 aliphatic rings. The summed E-state index contributed by atoms with van der Waals surface area (Å²) >= 11 is 6.28. The highest BCUT2D eigenvalue weighted by atomic mass is 35.5. The molecule has 3 atom stereocenters. The van der Waals surface area contributed by atoms with E-state index in [1.807, 2.05) is 0 Å². The standard InChI is InChI=1S/C16H24ClFN2/c1-4-11(3)15-10-20(13(5-2)9-19-15)16-8-12(18)6-7-14(16)17/h6-8,11,13,15,19H,4-5,9-10H2,1-3H3. The smallest absolute Gasteiger partial charge is 0.125 e. The molecule has 1 heterocycles. The summed E-state index contributed by atoms with van der Waals surface area (Å²) in [7, 11) is 0. The Hall–Kier alpha value is -0.800. The second kappa shape index (κ2) is 6.77. The van der Waals surface area contributed by atoms with Crippen molar-refractivity contribution in [2.45, 2.75) is 45.7 Å².